The van der Waals surface area contributed by atoms with Crippen LogP contribution in [-0.2, 0) is 16.1 Å². The third kappa shape index (κ3) is 5.38. The molecule has 0 aliphatic carbocycles. The highest BCUT2D eigenvalue weighted by molar-refractivity contribution is 5.87. The predicted octanol–water partition coefficient (Wildman–Crippen LogP) is 1.64. The number of nitrogens with zero attached hydrogens (tertiary/aromatic N) is 1. The Kier molecular flexibility index (Phi) is 6.70. The highest BCUT2D eigenvalue weighted by atomic mass is 16.2. The van der Waals surface area contributed by atoms with Gasteiger partial charge in [-0.15, -0.1) is 0 Å². The topological polar surface area (TPSA) is 71.1 Å². The third-order valence-corrected chi connectivity index (χ3v) is 2.93. The Labute approximate surface area is 120 Å². The fourth-order valence-electron chi connectivity index (χ4n) is 1.81. The van der Waals surface area contributed by atoms with Gasteiger partial charge in [0.2, 0.25) is 11.8 Å². The van der Waals surface area contributed by atoms with E-state index in [1.165, 1.54) is 0 Å². The molecule has 110 valence electrons. The van der Waals surface area contributed by atoms with E-state index < -0.39 is 6.04 Å². The molecule has 0 aliphatic heterocycles. The molecule has 1 atom stereocenters. The van der Waals surface area contributed by atoms with E-state index >= 15 is 0 Å². The van der Waals surface area contributed by atoms with Gasteiger partial charge in [-0.3, -0.25) is 14.6 Å². The van der Waals surface area contributed by atoms with Crippen molar-refractivity contribution in [3.63, 3.8) is 0 Å². The number of amides is 2. The molecule has 2 N–H and O–H groups in total. The van der Waals surface area contributed by atoms with Gasteiger partial charge in [0.25, 0.3) is 0 Å². The van der Waals surface area contributed by atoms with Crippen molar-refractivity contribution in [2.75, 3.05) is 0 Å². The molecule has 0 radical (unpaired) electrons. The van der Waals surface area contributed by atoms with E-state index in [0.29, 0.717) is 13.0 Å². The van der Waals surface area contributed by atoms with Gasteiger partial charge in [-0.1, -0.05) is 26.8 Å². The Hall–Kier alpha value is -1.91. The van der Waals surface area contributed by atoms with Crippen molar-refractivity contribution < 1.29 is 9.59 Å². The number of rotatable bonds is 7. The van der Waals surface area contributed by atoms with Gasteiger partial charge < -0.3 is 10.6 Å². The zero-order valence-electron chi connectivity index (χ0n) is 12.3. The largest absolute Gasteiger partial charge is 0.350 e. The van der Waals surface area contributed by atoms with Gasteiger partial charge in [0.1, 0.15) is 6.04 Å². The molecule has 0 bridgehead atoms. The molecule has 1 aromatic heterocycles. The van der Waals surface area contributed by atoms with E-state index in [1.54, 1.807) is 12.4 Å². The molecule has 20 heavy (non-hydrogen) atoms. The van der Waals surface area contributed by atoms with E-state index in [1.807, 2.05) is 32.9 Å². The summed E-state index contributed by atoms with van der Waals surface area (Å²) in [7, 11) is 0. The number of pyridine rings is 1. The first kappa shape index (κ1) is 16.1. The van der Waals surface area contributed by atoms with Crippen LogP contribution in [0.1, 0.15) is 39.2 Å². The van der Waals surface area contributed by atoms with Gasteiger partial charge >= 0.3 is 0 Å². The standard InChI is InChI=1S/C15H23N3O2/c1-4-6-13(19)18-14(11(2)3)15(20)17-10-12-7-5-8-16-9-12/h5,7-9,11,14H,4,6,10H2,1-3H3,(H,17,20)(H,18,19)/t14-/m0/s1. The Morgan fingerprint density at radius 3 is 2.65 bits per heavy atom. The number of carbonyl (C=O) groups is 2. The van der Waals surface area contributed by atoms with Crippen LogP contribution in [0.25, 0.3) is 0 Å². The second-order valence-electron chi connectivity index (χ2n) is 5.12. The Balaban J connectivity index is 2.54. The summed E-state index contributed by atoms with van der Waals surface area (Å²) in [5, 5.41) is 5.62. The minimum Gasteiger partial charge on any atom is -0.350 e. The minimum absolute atomic E-state index is 0.0460. The second kappa shape index (κ2) is 8.30. The summed E-state index contributed by atoms with van der Waals surface area (Å²) in [6, 6.07) is 3.23. The fourth-order valence-corrected chi connectivity index (χ4v) is 1.81. The van der Waals surface area contributed by atoms with Crippen molar-refractivity contribution >= 4 is 11.8 Å². The molecule has 1 aromatic rings. The predicted molar refractivity (Wildman–Crippen MR) is 77.8 cm³/mol. The van der Waals surface area contributed by atoms with E-state index in [4.69, 9.17) is 0 Å². The summed E-state index contributed by atoms with van der Waals surface area (Å²) in [6.45, 7) is 6.19. The summed E-state index contributed by atoms with van der Waals surface area (Å²) in [5.41, 5.74) is 0.934. The molecule has 0 saturated heterocycles. The van der Waals surface area contributed by atoms with Crippen LogP contribution in [0.15, 0.2) is 24.5 Å². The molecule has 2 amide bonds. The van der Waals surface area contributed by atoms with Gasteiger partial charge in [0.15, 0.2) is 0 Å². The molecule has 0 aromatic carbocycles. The zero-order valence-corrected chi connectivity index (χ0v) is 12.3. The Morgan fingerprint density at radius 2 is 2.10 bits per heavy atom. The Bertz CT molecular complexity index is 432. The second-order valence-corrected chi connectivity index (χ2v) is 5.12. The molecule has 0 fully saturated rings. The van der Waals surface area contributed by atoms with Crippen molar-refractivity contribution in [2.45, 2.75) is 46.2 Å². The molecule has 0 unspecified atom stereocenters. The molecule has 1 rings (SSSR count). The molecule has 5 nitrogen and oxygen atoms in total. The summed E-state index contributed by atoms with van der Waals surface area (Å²) >= 11 is 0. The number of hydrogen-bond acceptors (Lipinski definition) is 3. The molecular weight excluding hydrogens is 254 g/mol. The van der Waals surface area contributed by atoms with Crippen LogP contribution < -0.4 is 10.6 Å². The van der Waals surface area contributed by atoms with E-state index in [-0.39, 0.29) is 17.7 Å². The lowest BCUT2D eigenvalue weighted by atomic mass is 10.0. The number of hydrogen-bond donors (Lipinski definition) is 2. The molecule has 0 aliphatic rings. The van der Waals surface area contributed by atoms with Crippen molar-refractivity contribution in [2.24, 2.45) is 5.92 Å². The first-order valence-corrected chi connectivity index (χ1v) is 7.00. The smallest absolute Gasteiger partial charge is 0.243 e. The number of nitrogens with one attached hydrogen (secondary N) is 2. The summed E-state index contributed by atoms with van der Waals surface area (Å²) in [6.07, 6.45) is 4.61. The van der Waals surface area contributed by atoms with Crippen LogP contribution in [0.3, 0.4) is 0 Å². The summed E-state index contributed by atoms with van der Waals surface area (Å²) in [5.74, 6) is -0.194. The van der Waals surface area contributed by atoms with Crippen LogP contribution in [-0.4, -0.2) is 22.8 Å². The maximum absolute atomic E-state index is 12.2. The first-order chi connectivity index (χ1) is 9.54. The SMILES string of the molecule is CCCC(=O)N[C@H](C(=O)NCc1cccnc1)C(C)C. The van der Waals surface area contributed by atoms with Gasteiger partial charge in [0.05, 0.1) is 0 Å². The van der Waals surface area contributed by atoms with Crippen molar-refractivity contribution in [1.82, 2.24) is 15.6 Å². The van der Waals surface area contributed by atoms with Crippen LogP contribution in [0.2, 0.25) is 0 Å². The molecule has 0 saturated carbocycles. The maximum atomic E-state index is 12.2. The summed E-state index contributed by atoms with van der Waals surface area (Å²) in [4.78, 5) is 27.8. The van der Waals surface area contributed by atoms with Crippen molar-refractivity contribution in [3.8, 4) is 0 Å². The van der Waals surface area contributed by atoms with Crippen LogP contribution in [0.4, 0.5) is 0 Å². The average molecular weight is 277 g/mol. The van der Waals surface area contributed by atoms with Gasteiger partial charge in [-0.2, -0.15) is 0 Å². The van der Waals surface area contributed by atoms with Crippen LogP contribution in [0, 0.1) is 5.92 Å². The lowest BCUT2D eigenvalue weighted by molar-refractivity contribution is -0.130. The van der Waals surface area contributed by atoms with Gasteiger partial charge in [-0.05, 0) is 24.0 Å². The van der Waals surface area contributed by atoms with E-state index in [9.17, 15) is 9.59 Å². The molecular formula is C15H23N3O2. The lowest BCUT2D eigenvalue weighted by Crippen LogP contribution is -2.49. The first-order valence-electron chi connectivity index (χ1n) is 7.00. The normalized spacial score (nSPS) is 12.0. The van der Waals surface area contributed by atoms with E-state index in [2.05, 4.69) is 15.6 Å². The molecule has 1 heterocycles. The molecule has 5 heteroatoms. The minimum atomic E-state index is -0.495. The maximum Gasteiger partial charge on any atom is 0.243 e. The average Bonchev–Trinajstić information content (AvgIpc) is 2.43. The van der Waals surface area contributed by atoms with Gasteiger partial charge in [0, 0.05) is 25.4 Å². The highest BCUT2D eigenvalue weighted by Crippen LogP contribution is 2.04. The van der Waals surface area contributed by atoms with Crippen LogP contribution >= 0.6 is 0 Å². The molecule has 0 spiro atoms. The number of aromatic nitrogens is 1. The fraction of sp³-hybridized carbons (Fsp3) is 0.533. The third-order valence-electron chi connectivity index (χ3n) is 2.93. The van der Waals surface area contributed by atoms with Gasteiger partial charge in [-0.25, -0.2) is 0 Å². The van der Waals surface area contributed by atoms with E-state index in [0.717, 1.165) is 12.0 Å². The monoisotopic (exact) mass is 277 g/mol. The number of carbonyl (C=O) groups excluding carboxylic acids is 2. The quantitative estimate of drug-likeness (QED) is 0.796. The Morgan fingerprint density at radius 1 is 1.35 bits per heavy atom. The van der Waals surface area contributed by atoms with Crippen molar-refractivity contribution in [3.05, 3.63) is 30.1 Å². The van der Waals surface area contributed by atoms with Crippen LogP contribution in [0.5, 0.6) is 0 Å². The van der Waals surface area contributed by atoms with Crippen molar-refractivity contribution in [1.29, 1.82) is 0 Å². The lowest BCUT2D eigenvalue weighted by Gasteiger charge is -2.21. The zero-order chi connectivity index (χ0) is 15.0. The highest BCUT2D eigenvalue weighted by Gasteiger charge is 2.23. The summed E-state index contributed by atoms with van der Waals surface area (Å²) < 4.78 is 0.